The number of nitrogens with one attached hydrogen (secondary N) is 2. The van der Waals surface area contributed by atoms with Gasteiger partial charge in [-0.2, -0.15) is 5.10 Å². The molecule has 0 saturated carbocycles. The summed E-state index contributed by atoms with van der Waals surface area (Å²) in [5.74, 6) is -0.254. The van der Waals surface area contributed by atoms with Crippen molar-refractivity contribution in [1.82, 2.24) is 20.4 Å². The van der Waals surface area contributed by atoms with Gasteiger partial charge in [0.2, 0.25) is 0 Å². The normalized spacial score (nSPS) is 13.3. The van der Waals surface area contributed by atoms with Crippen molar-refractivity contribution in [3.05, 3.63) is 53.6 Å². The molecule has 0 fully saturated rings. The molecule has 1 aromatic heterocycles. The Labute approximate surface area is 140 Å². The first-order valence-corrected chi connectivity index (χ1v) is 7.84. The van der Waals surface area contributed by atoms with E-state index in [1.807, 2.05) is 6.07 Å². The second kappa shape index (κ2) is 7.92. The molecule has 2 amide bonds. The number of benzene rings is 1. The first kappa shape index (κ1) is 17.9. The largest absolute Gasteiger partial charge is 0.383 e. The molecule has 1 heterocycles. The second-order valence-corrected chi connectivity index (χ2v) is 6.02. The molecule has 0 saturated heterocycles. The minimum atomic E-state index is -1.19. The van der Waals surface area contributed by atoms with Gasteiger partial charge in [0.1, 0.15) is 11.4 Å². The number of carbonyl (C=O) groups excluding carboxylic acids is 1. The number of carbonyl (C=O) groups is 1. The van der Waals surface area contributed by atoms with Crippen LogP contribution in [0.1, 0.15) is 24.5 Å². The first-order chi connectivity index (χ1) is 11.4. The third-order valence-electron chi connectivity index (χ3n) is 3.74. The average molecular weight is 334 g/mol. The molecule has 0 aliphatic carbocycles. The van der Waals surface area contributed by atoms with Gasteiger partial charge in [0.15, 0.2) is 0 Å². The summed E-state index contributed by atoms with van der Waals surface area (Å²) in [4.78, 5) is 11.8. The summed E-state index contributed by atoms with van der Waals surface area (Å²) in [6.07, 6.45) is 4.67. The molecule has 1 aromatic carbocycles. The first-order valence-electron chi connectivity index (χ1n) is 7.84. The van der Waals surface area contributed by atoms with Gasteiger partial charge in [0.25, 0.3) is 0 Å². The Balaban J connectivity index is 1.68. The van der Waals surface area contributed by atoms with Crippen LogP contribution in [0.3, 0.4) is 0 Å². The molecule has 3 N–H and O–H groups in total. The third-order valence-corrected chi connectivity index (χ3v) is 3.74. The van der Waals surface area contributed by atoms with E-state index in [1.165, 1.54) is 12.1 Å². The van der Waals surface area contributed by atoms with Crippen LogP contribution in [0.15, 0.2) is 36.7 Å². The van der Waals surface area contributed by atoms with Crippen LogP contribution >= 0.6 is 0 Å². The summed E-state index contributed by atoms with van der Waals surface area (Å²) in [6, 6.07) is 6.08. The smallest absolute Gasteiger partial charge is 0.314 e. The zero-order valence-electron chi connectivity index (χ0n) is 13.9. The molecule has 0 spiro atoms. The molecular formula is C17H23FN4O2. The van der Waals surface area contributed by atoms with Gasteiger partial charge in [-0.15, -0.1) is 0 Å². The van der Waals surface area contributed by atoms with Crippen molar-refractivity contribution in [1.29, 1.82) is 0 Å². The fourth-order valence-corrected chi connectivity index (χ4v) is 2.30. The maximum Gasteiger partial charge on any atom is 0.314 e. The summed E-state index contributed by atoms with van der Waals surface area (Å²) in [7, 11) is 1.76. The number of aryl methyl sites for hydroxylation is 2. The Morgan fingerprint density at radius 1 is 1.42 bits per heavy atom. The van der Waals surface area contributed by atoms with E-state index < -0.39 is 5.60 Å². The number of rotatable bonds is 7. The molecule has 0 aliphatic rings. The van der Waals surface area contributed by atoms with Gasteiger partial charge >= 0.3 is 6.03 Å². The summed E-state index contributed by atoms with van der Waals surface area (Å²) >= 11 is 0. The maximum absolute atomic E-state index is 13.0. The van der Waals surface area contributed by atoms with Crippen LogP contribution in [-0.4, -0.2) is 34.0 Å². The molecular weight excluding hydrogens is 311 g/mol. The lowest BCUT2D eigenvalue weighted by molar-refractivity contribution is 0.0593. The molecule has 24 heavy (non-hydrogen) atoms. The number of aliphatic hydroxyl groups is 1. The fourth-order valence-electron chi connectivity index (χ4n) is 2.30. The van der Waals surface area contributed by atoms with Crippen molar-refractivity contribution < 1.29 is 14.3 Å². The van der Waals surface area contributed by atoms with Gasteiger partial charge in [0, 0.05) is 25.4 Å². The summed E-state index contributed by atoms with van der Waals surface area (Å²) < 4.78 is 14.6. The van der Waals surface area contributed by atoms with Gasteiger partial charge in [-0.3, -0.25) is 4.68 Å². The van der Waals surface area contributed by atoms with Crippen molar-refractivity contribution in [3.63, 3.8) is 0 Å². The third kappa shape index (κ3) is 5.34. The van der Waals surface area contributed by atoms with Crippen LogP contribution in [0, 0.1) is 5.82 Å². The van der Waals surface area contributed by atoms with Crippen molar-refractivity contribution >= 4 is 6.03 Å². The standard InChI is InChI=1S/C17H23FN4O2/c1-17(24,14-10-21-22(2)11-14)12-20-16(23)19-8-4-6-13-5-3-7-15(18)9-13/h3,5,7,9-11,24H,4,6,8,12H2,1-2H3,(H2,19,20,23). The fraction of sp³-hybridized carbons (Fsp3) is 0.412. The van der Waals surface area contributed by atoms with E-state index in [0.717, 1.165) is 5.56 Å². The maximum atomic E-state index is 13.0. The Morgan fingerprint density at radius 3 is 2.88 bits per heavy atom. The molecule has 1 unspecified atom stereocenters. The predicted octanol–water partition coefficient (Wildman–Crippen LogP) is 1.70. The van der Waals surface area contributed by atoms with Crippen LogP contribution in [0.4, 0.5) is 9.18 Å². The van der Waals surface area contributed by atoms with Crippen LogP contribution in [-0.2, 0) is 19.1 Å². The molecule has 7 heteroatoms. The van der Waals surface area contributed by atoms with Crippen LogP contribution < -0.4 is 10.6 Å². The molecule has 0 bridgehead atoms. The molecule has 130 valence electrons. The minimum Gasteiger partial charge on any atom is -0.383 e. The topological polar surface area (TPSA) is 79.2 Å². The molecule has 2 rings (SSSR count). The van der Waals surface area contributed by atoms with E-state index in [1.54, 1.807) is 37.1 Å². The monoisotopic (exact) mass is 334 g/mol. The Kier molecular flexibility index (Phi) is 5.92. The van der Waals surface area contributed by atoms with Gasteiger partial charge in [-0.25, -0.2) is 9.18 Å². The quantitative estimate of drug-likeness (QED) is 0.674. The number of urea groups is 1. The van der Waals surface area contributed by atoms with Crippen molar-refractivity contribution in [2.45, 2.75) is 25.4 Å². The van der Waals surface area contributed by atoms with E-state index >= 15 is 0 Å². The number of halogens is 1. The molecule has 0 aliphatic heterocycles. The lowest BCUT2D eigenvalue weighted by Gasteiger charge is -2.22. The number of hydrogen-bond donors (Lipinski definition) is 3. The number of hydrogen-bond acceptors (Lipinski definition) is 3. The summed E-state index contributed by atoms with van der Waals surface area (Å²) in [6.45, 7) is 2.17. The highest BCUT2D eigenvalue weighted by atomic mass is 19.1. The predicted molar refractivity (Wildman–Crippen MR) is 88.9 cm³/mol. The molecule has 6 nitrogen and oxygen atoms in total. The number of nitrogens with zero attached hydrogens (tertiary/aromatic N) is 2. The van der Waals surface area contributed by atoms with Crippen LogP contribution in [0.2, 0.25) is 0 Å². The van der Waals surface area contributed by atoms with Crippen molar-refractivity contribution in [2.75, 3.05) is 13.1 Å². The van der Waals surface area contributed by atoms with Gasteiger partial charge in [-0.1, -0.05) is 12.1 Å². The zero-order chi connectivity index (χ0) is 17.6. The molecule has 0 radical (unpaired) electrons. The number of amides is 2. The summed E-state index contributed by atoms with van der Waals surface area (Å²) in [5, 5.41) is 19.7. The van der Waals surface area contributed by atoms with E-state index in [4.69, 9.17) is 0 Å². The Morgan fingerprint density at radius 2 is 2.21 bits per heavy atom. The van der Waals surface area contributed by atoms with Crippen molar-refractivity contribution in [2.24, 2.45) is 7.05 Å². The minimum absolute atomic E-state index is 0.0778. The highest BCUT2D eigenvalue weighted by Crippen LogP contribution is 2.18. The van der Waals surface area contributed by atoms with E-state index in [-0.39, 0.29) is 18.4 Å². The Bertz CT molecular complexity index is 685. The van der Waals surface area contributed by atoms with E-state index in [9.17, 15) is 14.3 Å². The number of aromatic nitrogens is 2. The van der Waals surface area contributed by atoms with E-state index in [2.05, 4.69) is 15.7 Å². The lowest BCUT2D eigenvalue weighted by Crippen LogP contribution is -2.43. The van der Waals surface area contributed by atoms with Gasteiger partial charge in [0.05, 0.1) is 12.7 Å². The van der Waals surface area contributed by atoms with Crippen LogP contribution in [0.5, 0.6) is 0 Å². The second-order valence-electron chi connectivity index (χ2n) is 6.02. The van der Waals surface area contributed by atoms with E-state index in [0.29, 0.717) is 24.9 Å². The average Bonchev–Trinajstić information content (AvgIpc) is 2.97. The molecule has 2 aromatic rings. The highest BCUT2D eigenvalue weighted by Gasteiger charge is 2.25. The van der Waals surface area contributed by atoms with Gasteiger partial charge in [-0.05, 0) is 37.5 Å². The SMILES string of the molecule is Cn1cc(C(C)(O)CNC(=O)NCCCc2cccc(F)c2)cn1. The highest BCUT2D eigenvalue weighted by molar-refractivity contribution is 5.73. The lowest BCUT2D eigenvalue weighted by atomic mass is 10.00. The van der Waals surface area contributed by atoms with Crippen molar-refractivity contribution in [3.8, 4) is 0 Å². The van der Waals surface area contributed by atoms with Crippen LogP contribution in [0.25, 0.3) is 0 Å². The zero-order valence-corrected chi connectivity index (χ0v) is 13.9. The summed E-state index contributed by atoms with van der Waals surface area (Å²) in [5.41, 5.74) is 0.348. The Hall–Kier alpha value is -2.41. The molecule has 1 atom stereocenters. The van der Waals surface area contributed by atoms with Gasteiger partial charge < -0.3 is 15.7 Å².